The van der Waals surface area contributed by atoms with Gasteiger partial charge in [0.05, 0.1) is 12.7 Å². The maximum absolute atomic E-state index is 5.96. The molecule has 0 saturated carbocycles. The smallest absolute Gasteiger partial charge is 0.0952 e. The Hall–Kier alpha value is -1.64. The second kappa shape index (κ2) is 6.42. The van der Waals surface area contributed by atoms with Gasteiger partial charge >= 0.3 is 0 Å². The third kappa shape index (κ3) is 3.17. The Morgan fingerprint density at radius 3 is 2.76 bits per heavy atom. The zero-order valence-corrected chi connectivity index (χ0v) is 12.8. The van der Waals surface area contributed by atoms with Crippen molar-refractivity contribution in [2.75, 3.05) is 13.2 Å². The number of hydrogen-bond acceptors (Lipinski definition) is 2. The molecule has 0 aliphatic carbocycles. The van der Waals surface area contributed by atoms with Crippen LogP contribution >= 0.6 is 0 Å². The SMILES string of the molecule is Cc1ccccc1C(C)NCC1OCCc2ccccc21. The van der Waals surface area contributed by atoms with E-state index in [2.05, 4.69) is 67.7 Å². The molecule has 2 unspecified atom stereocenters. The van der Waals surface area contributed by atoms with Gasteiger partial charge in [-0.3, -0.25) is 0 Å². The molecule has 1 aliphatic heterocycles. The Labute approximate surface area is 127 Å². The van der Waals surface area contributed by atoms with Gasteiger partial charge in [0.2, 0.25) is 0 Å². The highest BCUT2D eigenvalue weighted by atomic mass is 16.5. The van der Waals surface area contributed by atoms with E-state index in [0.29, 0.717) is 6.04 Å². The van der Waals surface area contributed by atoms with Crippen LogP contribution in [0.3, 0.4) is 0 Å². The van der Waals surface area contributed by atoms with E-state index in [1.807, 2.05) is 0 Å². The molecule has 0 saturated heterocycles. The molecule has 2 nitrogen and oxygen atoms in total. The molecule has 110 valence electrons. The van der Waals surface area contributed by atoms with E-state index in [1.165, 1.54) is 22.3 Å². The third-order valence-electron chi connectivity index (χ3n) is 4.36. The minimum absolute atomic E-state index is 0.168. The number of benzene rings is 2. The van der Waals surface area contributed by atoms with Gasteiger partial charge in [-0.2, -0.15) is 0 Å². The molecule has 2 aromatic rings. The molecule has 1 heterocycles. The van der Waals surface area contributed by atoms with Gasteiger partial charge in [0, 0.05) is 12.6 Å². The van der Waals surface area contributed by atoms with Crippen molar-refractivity contribution in [3.63, 3.8) is 0 Å². The van der Waals surface area contributed by atoms with Crippen LogP contribution in [0.1, 0.15) is 41.3 Å². The van der Waals surface area contributed by atoms with Gasteiger partial charge in [-0.1, -0.05) is 48.5 Å². The fourth-order valence-electron chi connectivity index (χ4n) is 3.11. The molecule has 21 heavy (non-hydrogen) atoms. The summed E-state index contributed by atoms with van der Waals surface area (Å²) >= 11 is 0. The van der Waals surface area contributed by atoms with Gasteiger partial charge in [0.1, 0.15) is 0 Å². The third-order valence-corrected chi connectivity index (χ3v) is 4.36. The van der Waals surface area contributed by atoms with Crippen molar-refractivity contribution in [2.24, 2.45) is 0 Å². The highest BCUT2D eigenvalue weighted by molar-refractivity contribution is 5.31. The largest absolute Gasteiger partial charge is 0.372 e. The van der Waals surface area contributed by atoms with Crippen LogP contribution in [0.15, 0.2) is 48.5 Å². The van der Waals surface area contributed by atoms with Crippen LogP contribution in [0, 0.1) is 6.92 Å². The number of fused-ring (bicyclic) bond motifs is 1. The maximum Gasteiger partial charge on any atom is 0.0952 e. The van der Waals surface area contributed by atoms with Crippen LogP contribution in [0.5, 0.6) is 0 Å². The summed E-state index contributed by atoms with van der Waals surface area (Å²) < 4.78 is 5.96. The molecule has 1 N–H and O–H groups in total. The summed E-state index contributed by atoms with van der Waals surface area (Å²) in [4.78, 5) is 0. The van der Waals surface area contributed by atoms with Gasteiger partial charge in [-0.05, 0) is 42.5 Å². The Morgan fingerprint density at radius 1 is 1.14 bits per heavy atom. The van der Waals surface area contributed by atoms with Crippen LogP contribution < -0.4 is 5.32 Å². The van der Waals surface area contributed by atoms with Crippen molar-refractivity contribution in [3.05, 3.63) is 70.8 Å². The highest BCUT2D eigenvalue weighted by Crippen LogP contribution is 2.27. The Balaban J connectivity index is 1.67. The lowest BCUT2D eigenvalue weighted by Gasteiger charge is -2.28. The summed E-state index contributed by atoms with van der Waals surface area (Å²) in [5.74, 6) is 0. The van der Waals surface area contributed by atoms with E-state index < -0.39 is 0 Å². The highest BCUT2D eigenvalue weighted by Gasteiger charge is 2.21. The molecular formula is C19H23NO. The van der Waals surface area contributed by atoms with Gasteiger partial charge < -0.3 is 10.1 Å². The fraction of sp³-hybridized carbons (Fsp3) is 0.368. The molecule has 0 aromatic heterocycles. The lowest BCUT2D eigenvalue weighted by molar-refractivity contribution is 0.0409. The summed E-state index contributed by atoms with van der Waals surface area (Å²) in [6.45, 7) is 6.06. The molecule has 2 aromatic carbocycles. The van der Waals surface area contributed by atoms with Gasteiger partial charge in [-0.25, -0.2) is 0 Å². The average Bonchev–Trinajstić information content (AvgIpc) is 2.53. The first-order valence-electron chi connectivity index (χ1n) is 7.74. The fourth-order valence-corrected chi connectivity index (χ4v) is 3.11. The molecule has 2 atom stereocenters. The molecule has 2 heteroatoms. The number of rotatable bonds is 4. The standard InChI is InChI=1S/C19H23NO/c1-14-7-3-5-9-17(14)15(2)20-13-19-18-10-6-4-8-16(18)11-12-21-19/h3-10,15,19-20H,11-13H2,1-2H3. The molecule has 3 rings (SSSR count). The first-order valence-corrected chi connectivity index (χ1v) is 7.74. The predicted octanol–water partition coefficient (Wildman–Crippen LogP) is 3.96. The summed E-state index contributed by atoms with van der Waals surface area (Å²) in [5.41, 5.74) is 5.47. The average molecular weight is 281 g/mol. The van der Waals surface area contributed by atoms with Gasteiger partial charge in [0.25, 0.3) is 0 Å². The molecule has 0 radical (unpaired) electrons. The van der Waals surface area contributed by atoms with Crippen LogP contribution in [0.2, 0.25) is 0 Å². The molecular weight excluding hydrogens is 258 g/mol. The molecule has 0 amide bonds. The quantitative estimate of drug-likeness (QED) is 0.916. The minimum atomic E-state index is 0.168. The van der Waals surface area contributed by atoms with Gasteiger partial charge in [0.15, 0.2) is 0 Å². The first kappa shape index (κ1) is 14.3. The zero-order chi connectivity index (χ0) is 14.7. The lowest BCUT2D eigenvalue weighted by Crippen LogP contribution is -2.29. The Morgan fingerprint density at radius 2 is 1.90 bits per heavy atom. The first-order chi connectivity index (χ1) is 10.3. The second-order valence-corrected chi connectivity index (χ2v) is 5.79. The summed E-state index contributed by atoms with van der Waals surface area (Å²) in [6, 6.07) is 17.5. The lowest BCUT2D eigenvalue weighted by atomic mass is 9.97. The normalized spacial score (nSPS) is 19.0. The van der Waals surface area contributed by atoms with Crippen molar-refractivity contribution >= 4 is 0 Å². The number of ether oxygens (including phenoxy) is 1. The molecule has 0 fully saturated rings. The predicted molar refractivity (Wildman–Crippen MR) is 86.4 cm³/mol. The van der Waals surface area contributed by atoms with Crippen LogP contribution in [-0.4, -0.2) is 13.2 Å². The van der Waals surface area contributed by atoms with Gasteiger partial charge in [-0.15, -0.1) is 0 Å². The van der Waals surface area contributed by atoms with E-state index in [0.717, 1.165) is 19.6 Å². The number of hydrogen-bond donors (Lipinski definition) is 1. The van der Waals surface area contributed by atoms with E-state index >= 15 is 0 Å². The van der Waals surface area contributed by atoms with Crippen LogP contribution in [0.25, 0.3) is 0 Å². The number of nitrogens with one attached hydrogen (secondary N) is 1. The molecule has 0 bridgehead atoms. The van der Waals surface area contributed by atoms with Crippen molar-refractivity contribution in [2.45, 2.75) is 32.4 Å². The van der Waals surface area contributed by atoms with Crippen molar-refractivity contribution in [1.82, 2.24) is 5.32 Å². The van der Waals surface area contributed by atoms with E-state index in [1.54, 1.807) is 0 Å². The monoisotopic (exact) mass is 281 g/mol. The Bertz CT molecular complexity index is 608. The Kier molecular flexibility index (Phi) is 4.37. The summed E-state index contributed by atoms with van der Waals surface area (Å²) in [6.07, 6.45) is 1.20. The second-order valence-electron chi connectivity index (χ2n) is 5.79. The minimum Gasteiger partial charge on any atom is -0.372 e. The maximum atomic E-state index is 5.96. The summed E-state index contributed by atoms with van der Waals surface area (Å²) in [7, 11) is 0. The van der Waals surface area contributed by atoms with E-state index in [9.17, 15) is 0 Å². The molecule has 1 aliphatic rings. The van der Waals surface area contributed by atoms with E-state index in [4.69, 9.17) is 4.74 Å². The van der Waals surface area contributed by atoms with E-state index in [-0.39, 0.29) is 6.10 Å². The van der Waals surface area contributed by atoms with Crippen LogP contribution in [-0.2, 0) is 11.2 Å². The summed E-state index contributed by atoms with van der Waals surface area (Å²) in [5, 5.41) is 3.63. The van der Waals surface area contributed by atoms with Crippen molar-refractivity contribution < 1.29 is 4.74 Å². The van der Waals surface area contributed by atoms with Crippen LogP contribution in [0.4, 0.5) is 0 Å². The number of aryl methyl sites for hydroxylation is 1. The zero-order valence-electron chi connectivity index (χ0n) is 12.8. The molecule has 0 spiro atoms. The van der Waals surface area contributed by atoms with Crippen molar-refractivity contribution in [3.8, 4) is 0 Å². The topological polar surface area (TPSA) is 21.3 Å². The van der Waals surface area contributed by atoms with Crippen molar-refractivity contribution in [1.29, 1.82) is 0 Å².